The summed E-state index contributed by atoms with van der Waals surface area (Å²) in [6.45, 7) is 4.00. The molecule has 0 bridgehead atoms. The van der Waals surface area contributed by atoms with Crippen LogP contribution in [-0.4, -0.2) is 12.6 Å². The van der Waals surface area contributed by atoms with Crippen LogP contribution in [0.1, 0.15) is 22.8 Å². The summed E-state index contributed by atoms with van der Waals surface area (Å²) in [5.41, 5.74) is 7.49. The summed E-state index contributed by atoms with van der Waals surface area (Å²) in [4.78, 5) is 11.5. The Morgan fingerprint density at radius 3 is 2.79 bits per heavy atom. The highest BCUT2D eigenvalue weighted by Gasteiger charge is 2.16. The van der Waals surface area contributed by atoms with Crippen molar-refractivity contribution in [1.29, 1.82) is 0 Å². The molecule has 1 aromatic rings. The molecule has 0 aliphatic rings. The van der Waals surface area contributed by atoms with Crippen molar-refractivity contribution in [3.05, 3.63) is 27.7 Å². The molecule has 2 N–H and O–H groups in total. The van der Waals surface area contributed by atoms with Crippen molar-refractivity contribution in [2.24, 2.45) is 0 Å². The SMILES string of the molecule is CCOC(=O)c1c(N)ccc(C)c1Br. The fourth-order valence-electron chi connectivity index (χ4n) is 1.11. The summed E-state index contributed by atoms with van der Waals surface area (Å²) in [7, 11) is 0. The minimum absolute atomic E-state index is 0.346. The van der Waals surface area contributed by atoms with Crippen LogP contribution >= 0.6 is 15.9 Å². The molecule has 0 aromatic heterocycles. The number of nitrogen functional groups attached to an aromatic ring is 1. The number of carbonyl (C=O) groups is 1. The molecule has 1 rings (SSSR count). The maximum Gasteiger partial charge on any atom is 0.341 e. The van der Waals surface area contributed by atoms with Gasteiger partial charge in [0.2, 0.25) is 0 Å². The van der Waals surface area contributed by atoms with Gasteiger partial charge < -0.3 is 10.5 Å². The lowest BCUT2D eigenvalue weighted by molar-refractivity contribution is 0.0526. The number of aryl methyl sites for hydroxylation is 1. The van der Waals surface area contributed by atoms with Gasteiger partial charge in [-0.05, 0) is 41.4 Å². The van der Waals surface area contributed by atoms with Gasteiger partial charge in [0, 0.05) is 10.2 Å². The van der Waals surface area contributed by atoms with E-state index in [1.807, 2.05) is 13.0 Å². The van der Waals surface area contributed by atoms with Crippen molar-refractivity contribution in [3.8, 4) is 0 Å². The zero-order valence-electron chi connectivity index (χ0n) is 8.13. The summed E-state index contributed by atoms with van der Waals surface area (Å²) < 4.78 is 5.60. The first-order valence-electron chi connectivity index (χ1n) is 4.29. The monoisotopic (exact) mass is 257 g/mol. The Morgan fingerprint density at radius 1 is 1.57 bits per heavy atom. The van der Waals surface area contributed by atoms with Crippen LogP contribution in [0.15, 0.2) is 16.6 Å². The zero-order chi connectivity index (χ0) is 10.7. The Bertz CT molecular complexity index is 363. The van der Waals surface area contributed by atoms with Crippen LogP contribution in [0.2, 0.25) is 0 Å². The molecule has 76 valence electrons. The molecule has 0 amide bonds. The molecule has 0 unspecified atom stereocenters. The summed E-state index contributed by atoms with van der Waals surface area (Å²) >= 11 is 3.32. The van der Waals surface area contributed by atoms with E-state index in [0.29, 0.717) is 22.3 Å². The quantitative estimate of drug-likeness (QED) is 0.655. The van der Waals surface area contributed by atoms with E-state index in [4.69, 9.17) is 10.5 Å². The molecule has 0 aliphatic heterocycles. The van der Waals surface area contributed by atoms with Crippen LogP contribution in [0.4, 0.5) is 5.69 Å². The van der Waals surface area contributed by atoms with Crippen LogP contribution in [0.5, 0.6) is 0 Å². The molecule has 0 saturated carbocycles. The Balaban J connectivity index is 3.18. The molecule has 1 aromatic carbocycles. The highest BCUT2D eigenvalue weighted by molar-refractivity contribution is 9.10. The zero-order valence-corrected chi connectivity index (χ0v) is 9.72. The van der Waals surface area contributed by atoms with E-state index in [1.54, 1.807) is 13.0 Å². The molecule has 0 radical (unpaired) electrons. The fraction of sp³-hybridized carbons (Fsp3) is 0.300. The summed E-state index contributed by atoms with van der Waals surface area (Å²) in [6.07, 6.45) is 0. The third-order valence-corrected chi connectivity index (χ3v) is 2.87. The molecule has 0 aliphatic carbocycles. The van der Waals surface area contributed by atoms with Gasteiger partial charge in [-0.3, -0.25) is 0 Å². The Morgan fingerprint density at radius 2 is 2.21 bits per heavy atom. The number of nitrogens with two attached hydrogens (primary N) is 1. The van der Waals surface area contributed by atoms with E-state index < -0.39 is 0 Å². The second kappa shape index (κ2) is 4.46. The van der Waals surface area contributed by atoms with Crippen molar-refractivity contribution in [2.75, 3.05) is 12.3 Å². The van der Waals surface area contributed by atoms with Crippen LogP contribution in [0, 0.1) is 6.92 Å². The largest absolute Gasteiger partial charge is 0.462 e. The number of carbonyl (C=O) groups excluding carboxylic acids is 1. The Labute approximate surface area is 91.4 Å². The minimum atomic E-state index is -0.388. The van der Waals surface area contributed by atoms with Crippen molar-refractivity contribution in [1.82, 2.24) is 0 Å². The second-order valence-corrected chi connectivity index (χ2v) is 3.67. The molecular weight excluding hydrogens is 246 g/mol. The molecule has 3 nitrogen and oxygen atoms in total. The number of esters is 1. The first-order valence-corrected chi connectivity index (χ1v) is 5.09. The summed E-state index contributed by atoms with van der Waals surface area (Å²) in [5.74, 6) is -0.388. The topological polar surface area (TPSA) is 52.3 Å². The average Bonchev–Trinajstić information content (AvgIpc) is 2.13. The lowest BCUT2D eigenvalue weighted by Crippen LogP contribution is -2.09. The predicted octanol–water partition coefficient (Wildman–Crippen LogP) is 2.52. The van der Waals surface area contributed by atoms with Crippen LogP contribution in [0.25, 0.3) is 0 Å². The van der Waals surface area contributed by atoms with Crippen molar-refractivity contribution < 1.29 is 9.53 Å². The molecule has 0 spiro atoms. The van der Waals surface area contributed by atoms with E-state index >= 15 is 0 Å². The van der Waals surface area contributed by atoms with Crippen LogP contribution in [0.3, 0.4) is 0 Å². The number of ether oxygens (including phenoxy) is 1. The third-order valence-electron chi connectivity index (χ3n) is 1.85. The Hall–Kier alpha value is -1.03. The Kier molecular flexibility index (Phi) is 3.52. The number of anilines is 1. The number of hydrogen-bond acceptors (Lipinski definition) is 3. The van der Waals surface area contributed by atoms with E-state index in [9.17, 15) is 4.79 Å². The molecule has 4 heteroatoms. The second-order valence-electron chi connectivity index (χ2n) is 2.88. The van der Waals surface area contributed by atoms with Gasteiger partial charge in [-0.15, -0.1) is 0 Å². The van der Waals surface area contributed by atoms with Gasteiger partial charge in [0.05, 0.1) is 12.2 Å². The van der Waals surface area contributed by atoms with Gasteiger partial charge in [0.1, 0.15) is 0 Å². The molecule has 0 heterocycles. The number of halogens is 1. The minimum Gasteiger partial charge on any atom is -0.462 e. The van der Waals surface area contributed by atoms with E-state index in [-0.39, 0.29) is 5.97 Å². The maximum absolute atomic E-state index is 11.5. The first kappa shape index (κ1) is 11.0. The van der Waals surface area contributed by atoms with E-state index in [2.05, 4.69) is 15.9 Å². The van der Waals surface area contributed by atoms with E-state index in [0.717, 1.165) is 5.56 Å². The van der Waals surface area contributed by atoms with Gasteiger partial charge in [0.15, 0.2) is 0 Å². The maximum atomic E-state index is 11.5. The lowest BCUT2D eigenvalue weighted by Gasteiger charge is -2.09. The summed E-state index contributed by atoms with van der Waals surface area (Å²) in [5, 5.41) is 0. The first-order chi connectivity index (χ1) is 6.57. The molecule has 0 fully saturated rings. The molecule has 0 atom stereocenters. The normalized spacial score (nSPS) is 9.93. The smallest absolute Gasteiger partial charge is 0.341 e. The van der Waals surface area contributed by atoms with Gasteiger partial charge in [-0.2, -0.15) is 0 Å². The number of benzene rings is 1. The highest BCUT2D eigenvalue weighted by Crippen LogP contribution is 2.27. The van der Waals surface area contributed by atoms with Crippen LogP contribution in [-0.2, 0) is 4.74 Å². The molecular formula is C10H12BrNO2. The van der Waals surface area contributed by atoms with Crippen molar-refractivity contribution >= 4 is 27.6 Å². The van der Waals surface area contributed by atoms with Gasteiger partial charge in [-0.25, -0.2) is 4.79 Å². The molecule has 0 saturated heterocycles. The lowest BCUT2D eigenvalue weighted by atomic mass is 10.1. The van der Waals surface area contributed by atoms with Crippen LogP contribution < -0.4 is 5.73 Å². The van der Waals surface area contributed by atoms with E-state index in [1.165, 1.54) is 0 Å². The third kappa shape index (κ3) is 2.07. The van der Waals surface area contributed by atoms with Gasteiger partial charge >= 0.3 is 5.97 Å². The van der Waals surface area contributed by atoms with Crippen molar-refractivity contribution in [2.45, 2.75) is 13.8 Å². The highest BCUT2D eigenvalue weighted by atomic mass is 79.9. The average molecular weight is 258 g/mol. The number of rotatable bonds is 2. The van der Waals surface area contributed by atoms with Gasteiger partial charge in [-0.1, -0.05) is 6.07 Å². The predicted molar refractivity (Wildman–Crippen MR) is 59.2 cm³/mol. The van der Waals surface area contributed by atoms with Crippen molar-refractivity contribution in [3.63, 3.8) is 0 Å². The summed E-state index contributed by atoms with van der Waals surface area (Å²) in [6, 6.07) is 3.55. The fourth-order valence-corrected chi connectivity index (χ4v) is 1.63. The molecule has 14 heavy (non-hydrogen) atoms. The number of hydrogen-bond donors (Lipinski definition) is 1. The van der Waals surface area contributed by atoms with Gasteiger partial charge in [0.25, 0.3) is 0 Å². The standard InChI is InChI=1S/C10H12BrNO2/c1-3-14-10(13)8-7(12)5-4-6(2)9(8)11/h4-5H,3,12H2,1-2H3.